The molecule has 1 aromatic carbocycles. The zero-order valence-corrected chi connectivity index (χ0v) is 9.49. The quantitative estimate of drug-likeness (QED) is 0.772. The number of halogens is 2. The van der Waals surface area contributed by atoms with Crippen molar-refractivity contribution in [2.45, 2.75) is 12.8 Å². The first-order valence-corrected chi connectivity index (χ1v) is 5.50. The van der Waals surface area contributed by atoms with Gasteiger partial charge in [0.1, 0.15) is 5.75 Å². The van der Waals surface area contributed by atoms with Crippen molar-refractivity contribution in [3.05, 3.63) is 29.8 Å². The van der Waals surface area contributed by atoms with Crippen molar-refractivity contribution >= 4 is 11.9 Å². The Hall–Kier alpha value is -1.98. The van der Waals surface area contributed by atoms with Gasteiger partial charge in [-0.15, -0.1) is 0 Å². The van der Waals surface area contributed by atoms with E-state index in [-0.39, 0.29) is 18.1 Å². The van der Waals surface area contributed by atoms with E-state index < -0.39 is 17.7 Å². The Morgan fingerprint density at radius 3 is 2.72 bits per heavy atom. The van der Waals surface area contributed by atoms with Gasteiger partial charge in [0, 0.05) is 19.0 Å². The highest BCUT2D eigenvalue weighted by atomic mass is 19.2. The van der Waals surface area contributed by atoms with Gasteiger partial charge in [0.25, 0.3) is 0 Å². The van der Waals surface area contributed by atoms with E-state index in [2.05, 4.69) is 0 Å². The molecule has 6 heteroatoms. The first-order chi connectivity index (χ1) is 8.56. The summed E-state index contributed by atoms with van der Waals surface area (Å²) in [4.78, 5) is 24.1. The van der Waals surface area contributed by atoms with E-state index in [1.54, 1.807) is 0 Å². The molecule has 2 rings (SSSR count). The summed E-state index contributed by atoms with van der Waals surface area (Å²) in [6.45, 7) is 0.427. The highest BCUT2D eigenvalue weighted by Crippen LogP contribution is 2.17. The van der Waals surface area contributed by atoms with E-state index >= 15 is 0 Å². The molecular weight excluding hydrogens is 244 g/mol. The molecular formula is C12H11F2NO3. The summed E-state index contributed by atoms with van der Waals surface area (Å²) in [6.07, 6.45) is 0.315. The molecule has 0 unspecified atom stereocenters. The summed E-state index contributed by atoms with van der Waals surface area (Å²) in [7, 11) is 0. The number of ketones is 1. The molecule has 1 aromatic rings. The van der Waals surface area contributed by atoms with Crippen LogP contribution in [0.3, 0.4) is 0 Å². The minimum atomic E-state index is -1.09. The standard InChI is InChI=1S/C12H11F2NO3/c13-10-4-3-9(6-11(10)14)18-12(17)15-5-1-2-8(16)7-15/h3-4,6H,1-2,5,7H2. The number of rotatable bonds is 1. The van der Waals surface area contributed by atoms with Gasteiger partial charge in [-0.3, -0.25) is 4.79 Å². The van der Waals surface area contributed by atoms with Gasteiger partial charge < -0.3 is 9.64 Å². The fourth-order valence-electron chi connectivity index (χ4n) is 1.70. The van der Waals surface area contributed by atoms with Crippen molar-refractivity contribution in [3.63, 3.8) is 0 Å². The average Bonchev–Trinajstić information content (AvgIpc) is 2.34. The van der Waals surface area contributed by atoms with Crippen LogP contribution in [0.2, 0.25) is 0 Å². The minimum Gasteiger partial charge on any atom is -0.410 e. The molecule has 1 amide bonds. The van der Waals surface area contributed by atoms with E-state index in [1.165, 1.54) is 4.90 Å². The Bertz CT molecular complexity index is 490. The van der Waals surface area contributed by atoms with Crippen molar-refractivity contribution < 1.29 is 23.1 Å². The number of nitrogens with zero attached hydrogens (tertiary/aromatic N) is 1. The summed E-state index contributed by atoms with van der Waals surface area (Å²) in [5.41, 5.74) is 0. The van der Waals surface area contributed by atoms with Gasteiger partial charge in [-0.2, -0.15) is 0 Å². The smallest absolute Gasteiger partial charge is 0.410 e. The molecule has 0 aromatic heterocycles. The lowest BCUT2D eigenvalue weighted by molar-refractivity contribution is -0.121. The highest BCUT2D eigenvalue weighted by Gasteiger charge is 2.23. The van der Waals surface area contributed by atoms with Gasteiger partial charge >= 0.3 is 6.09 Å². The second-order valence-electron chi connectivity index (χ2n) is 4.01. The number of Topliss-reactive ketones (excluding diaryl/α,β-unsaturated/α-hetero) is 1. The van der Waals surface area contributed by atoms with Crippen LogP contribution in [0, 0.1) is 11.6 Å². The Labute approximate surface area is 102 Å². The van der Waals surface area contributed by atoms with Gasteiger partial charge in [0.2, 0.25) is 0 Å². The van der Waals surface area contributed by atoms with Crippen molar-refractivity contribution in [3.8, 4) is 5.75 Å². The molecule has 1 aliphatic rings. The zero-order valence-electron chi connectivity index (χ0n) is 9.49. The first kappa shape index (κ1) is 12.5. The van der Waals surface area contributed by atoms with Crippen LogP contribution in [-0.4, -0.2) is 29.9 Å². The molecule has 0 N–H and O–H groups in total. The second-order valence-corrected chi connectivity index (χ2v) is 4.01. The van der Waals surface area contributed by atoms with E-state index in [9.17, 15) is 18.4 Å². The molecule has 0 saturated carbocycles. The summed E-state index contributed by atoms with van der Waals surface area (Å²) >= 11 is 0. The van der Waals surface area contributed by atoms with Crippen molar-refractivity contribution in [1.29, 1.82) is 0 Å². The number of carbonyl (C=O) groups is 2. The van der Waals surface area contributed by atoms with Crippen LogP contribution in [0.25, 0.3) is 0 Å². The molecule has 0 aliphatic carbocycles. The van der Waals surface area contributed by atoms with Crippen LogP contribution in [0.4, 0.5) is 13.6 Å². The van der Waals surface area contributed by atoms with Crippen molar-refractivity contribution in [2.75, 3.05) is 13.1 Å². The Balaban J connectivity index is 2.02. The van der Waals surface area contributed by atoms with Gasteiger partial charge in [0.15, 0.2) is 17.4 Å². The largest absolute Gasteiger partial charge is 0.415 e. The summed E-state index contributed by atoms with van der Waals surface area (Å²) in [5, 5.41) is 0. The third-order valence-electron chi connectivity index (χ3n) is 2.61. The first-order valence-electron chi connectivity index (χ1n) is 5.50. The fourth-order valence-corrected chi connectivity index (χ4v) is 1.70. The predicted molar refractivity (Wildman–Crippen MR) is 58.2 cm³/mol. The number of hydrogen-bond donors (Lipinski definition) is 0. The number of hydrogen-bond acceptors (Lipinski definition) is 3. The molecule has 18 heavy (non-hydrogen) atoms. The molecule has 1 saturated heterocycles. The van der Waals surface area contributed by atoms with Crippen molar-refractivity contribution in [2.24, 2.45) is 0 Å². The van der Waals surface area contributed by atoms with E-state index in [4.69, 9.17) is 4.74 Å². The Kier molecular flexibility index (Phi) is 3.55. The number of benzene rings is 1. The third kappa shape index (κ3) is 2.82. The number of amides is 1. The average molecular weight is 255 g/mol. The summed E-state index contributed by atoms with van der Waals surface area (Å²) in [5.74, 6) is -2.22. The predicted octanol–water partition coefficient (Wildman–Crippen LogP) is 2.13. The maximum atomic E-state index is 12.9. The Morgan fingerprint density at radius 1 is 1.28 bits per heavy atom. The maximum absolute atomic E-state index is 12.9. The Morgan fingerprint density at radius 2 is 2.06 bits per heavy atom. The van der Waals surface area contributed by atoms with Crippen LogP contribution in [-0.2, 0) is 4.79 Å². The summed E-state index contributed by atoms with van der Waals surface area (Å²) < 4.78 is 30.4. The lowest BCUT2D eigenvalue weighted by Gasteiger charge is -2.24. The molecule has 96 valence electrons. The molecule has 1 fully saturated rings. The van der Waals surface area contributed by atoms with Gasteiger partial charge in [-0.1, -0.05) is 0 Å². The molecule has 0 atom stereocenters. The lowest BCUT2D eigenvalue weighted by atomic mass is 10.1. The van der Waals surface area contributed by atoms with Crippen LogP contribution in [0.1, 0.15) is 12.8 Å². The fraction of sp³-hybridized carbons (Fsp3) is 0.333. The van der Waals surface area contributed by atoms with Crippen LogP contribution in [0.15, 0.2) is 18.2 Å². The van der Waals surface area contributed by atoms with Crippen molar-refractivity contribution in [1.82, 2.24) is 4.90 Å². The number of ether oxygens (including phenoxy) is 1. The number of carbonyl (C=O) groups excluding carboxylic acids is 2. The van der Waals surface area contributed by atoms with Crippen LogP contribution < -0.4 is 4.74 Å². The molecule has 0 radical (unpaired) electrons. The minimum absolute atomic E-state index is 0.00249. The molecule has 0 bridgehead atoms. The van der Waals surface area contributed by atoms with Gasteiger partial charge in [-0.25, -0.2) is 13.6 Å². The molecule has 1 aliphatic heterocycles. The summed E-state index contributed by atoms with van der Waals surface area (Å²) in [6, 6.07) is 2.82. The van der Waals surface area contributed by atoms with Crippen LogP contribution >= 0.6 is 0 Å². The lowest BCUT2D eigenvalue weighted by Crippen LogP contribution is -2.41. The number of likely N-dealkylation sites (tertiary alicyclic amines) is 1. The normalized spacial score (nSPS) is 15.7. The number of piperidine rings is 1. The van der Waals surface area contributed by atoms with Gasteiger partial charge in [0.05, 0.1) is 6.54 Å². The maximum Gasteiger partial charge on any atom is 0.415 e. The van der Waals surface area contributed by atoms with E-state index in [1.807, 2.05) is 0 Å². The highest BCUT2D eigenvalue weighted by molar-refractivity contribution is 5.85. The zero-order chi connectivity index (χ0) is 13.1. The van der Waals surface area contributed by atoms with Crippen LogP contribution in [0.5, 0.6) is 5.75 Å². The topological polar surface area (TPSA) is 46.6 Å². The van der Waals surface area contributed by atoms with Gasteiger partial charge in [-0.05, 0) is 18.6 Å². The second kappa shape index (κ2) is 5.12. The third-order valence-corrected chi connectivity index (χ3v) is 2.61. The SMILES string of the molecule is O=C1CCCN(C(=O)Oc2ccc(F)c(F)c2)C1. The molecule has 4 nitrogen and oxygen atoms in total. The monoisotopic (exact) mass is 255 g/mol. The van der Waals surface area contributed by atoms with E-state index in [0.717, 1.165) is 18.2 Å². The molecule has 0 spiro atoms. The molecule has 1 heterocycles. The van der Waals surface area contributed by atoms with E-state index in [0.29, 0.717) is 19.4 Å².